The largest absolute Gasteiger partial charge is 0.0877 e. The molecule has 64 valence electrons. The molecule has 0 aromatic carbocycles. The van der Waals surface area contributed by atoms with E-state index in [9.17, 15) is 0 Å². The first kappa shape index (κ1) is 8.83. The van der Waals surface area contributed by atoms with E-state index in [1.54, 1.807) is 0 Å². The first-order valence-electron chi connectivity index (χ1n) is 4.80. The Hall–Kier alpha value is -0.260. The van der Waals surface area contributed by atoms with Gasteiger partial charge in [0.2, 0.25) is 0 Å². The fourth-order valence-corrected chi connectivity index (χ4v) is 1.53. The van der Waals surface area contributed by atoms with Crippen molar-refractivity contribution >= 4 is 0 Å². The van der Waals surface area contributed by atoms with Crippen molar-refractivity contribution in [3.63, 3.8) is 0 Å². The zero-order valence-electron chi connectivity index (χ0n) is 8.06. The molecule has 0 bridgehead atoms. The van der Waals surface area contributed by atoms with E-state index in [-0.39, 0.29) is 0 Å². The average Bonchev–Trinajstić information content (AvgIpc) is 1.83. The molecule has 0 heteroatoms. The Balaban J connectivity index is 2.23. The van der Waals surface area contributed by atoms with Gasteiger partial charge >= 0.3 is 0 Å². The van der Waals surface area contributed by atoms with Gasteiger partial charge in [0.15, 0.2) is 0 Å². The fraction of sp³-hybridized carbons (Fsp3) is 0.818. The Morgan fingerprint density at radius 3 is 2.36 bits per heavy atom. The lowest BCUT2D eigenvalue weighted by Crippen LogP contribution is -2.22. The summed E-state index contributed by atoms with van der Waals surface area (Å²) in [5.74, 6) is 0.815. The van der Waals surface area contributed by atoms with Crippen LogP contribution in [0.1, 0.15) is 46.5 Å². The predicted molar refractivity (Wildman–Crippen MR) is 50.6 cm³/mol. The Kier molecular flexibility index (Phi) is 2.75. The van der Waals surface area contributed by atoms with Gasteiger partial charge in [0, 0.05) is 0 Å². The third kappa shape index (κ3) is 2.69. The van der Waals surface area contributed by atoms with Gasteiger partial charge in [-0.25, -0.2) is 0 Å². The number of allylic oxidation sites excluding steroid dienone is 2. The van der Waals surface area contributed by atoms with E-state index in [4.69, 9.17) is 0 Å². The minimum atomic E-state index is 0.578. The minimum absolute atomic E-state index is 0.578. The molecule has 0 nitrogen and oxygen atoms in total. The van der Waals surface area contributed by atoms with Crippen molar-refractivity contribution in [2.24, 2.45) is 11.3 Å². The third-order valence-corrected chi connectivity index (χ3v) is 2.62. The Morgan fingerprint density at radius 2 is 2.00 bits per heavy atom. The van der Waals surface area contributed by atoms with Gasteiger partial charge in [-0.1, -0.05) is 39.3 Å². The van der Waals surface area contributed by atoms with Crippen molar-refractivity contribution < 1.29 is 0 Å². The standard InChI is InChI=1S/C11H20/c1-10(2)6-4-7-11(3)8-5-9-11/h4,7,10H,5-6,8-9H2,1-3H3/b7-4+. The SMILES string of the molecule is CC(C)C/C=C/C1(C)CCC1. The molecule has 0 heterocycles. The van der Waals surface area contributed by atoms with Crippen LogP contribution < -0.4 is 0 Å². The summed E-state index contributed by atoms with van der Waals surface area (Å²) >= 11 is 0. The molecule has 11 heavy (non-hydrogen) atoms. The van der Waals surface area contributed by atoms with Crippen LogP contribution in [-0.4, -0.2) is 0 Å². The van der Waals surface area contributed by atoms with Crippen molar-refractivity contribution in [1.29, 1.82) is 0 Å². The first-order valence-corrected chi connectivity index (χ1v) is 4.80. The molecule has 0 N–H and O–H groups in total. The number of hydrogen-bond acceptors (Lipinski definition) is 0. The van der Waals surface area contributed by atoms with Crippen LogP contribution in [0.25, 0.3) is 0 Å². The molecule has 0 atom stereocenters. The fourth-order valence-electron chi connectivity index (χ4n) is 1.53. The second kappa shape index (κ2) is 3.42. The van der Waals surface area contributed by atoms with Crippen LogP contribution in [0.3, 0.4) is 0 Å². The highest BCUT2D eigenvalue weighted by molar-refractivity contribution is 5.02. The maximum Gasteiger partial charge on any atom is -0.0147 e. The van der Waals surface area contributed by atoms with Crippen LogP contribution in [-0.2, 0) is 0 Å². The summed E-state index contributed by atoms with van der Waals surface area (Å²) in [6.07, 6.45) is 10.3. The van der Waals surface area contributed by atoms with Gasteiger partial charge in [0.25, 0.3) is 0 Å². The molecule has 0 aromatic rings. The predicted octanol–water partition coefficient (Wildman–Crippen LogP) is 3.78. The molecular weight excluding hydrogens is 132 g/mol. The molecular formula is C11H20. The molecule has 0 aromatic heterocycles. The molecule has 1 aliphatic carbocycles. The molecule has 0 aliphatic heterocycles. The smallest absolute Gasteiger partial charge is 0.0147 e. The van der Waals surface area contributed by atoms with Crippen molar-refractivity contribution in [3.8, 4) is 0 Å². The lowest BCUT2D eigenvalue weighted by atomic mass is 9.70. The van der Waals surface area contributed by atoms with E-state index >= 15 is 0 Å². The Morgan fingerprint density at radius 1 is 1.36 bits per heavy atom. The monoisotopic (exact) mass is 152 g/mol. The third-order valence-electron chi connectivity index (χ3n) is 2.62. The molecule has 1 aliphatic rings. The number of rotatable bonds is 3. The van der Waals surface area contributed by atoms with Gasteiger partial charge in [-0.15, -0.1) is 0 Å². The summed E-state index contributed by atoms with van der Waals surface area (Å²) in [6, 6.07) is 0. The van der Waals surface area contributed by atoms with Crippen molar-refractivity contribution in [2.45, 2.75) is 46.5 Å². The Bertz CT molecular complexity index is 138. The van der Waals surface area contributed by atoms with E-state index in [1.165, 1.54) is 25.7 Å². The highest BCUT2D eigenvalue weighted by Gasteiger charge is 2.28. The molecule has 1 fully saturated rings. The second-order valence-electron chi connectivity index (χ2n) is 4.54. The molecule has 0 radical (unpaired) electrons. The lowest BCUT2D eigenvalue weighted by Gasteiger charge is -2.35. The van der Waals surface area contributed by atoms with Gasteiger partial charge < -0.3 is 0 Å². The van der Waals surface area contributed by atoms with Crippen molar-refractivity contribution in [2.75, 3.05) is 0 Å². The molecule has 1 saturated carbocycles. The van der Waals surface area contributed by atoms with Crippen LogP contribution in [0.15, 0.2) is 12.2 Å². The summed E-state index contributed by atoms with van der Waals surface area (Å²) in [6.45, 7) is 6.91. The normalized spacial score (nSPS) is 22.5. The van der Waals surface area contributed by atoms with Crippen molar-refractivity contribution in [3.05, 3.63) is 12.2 Å². The summed E-state index contributed by atoms with van der Waals surface area (Å²) in [5, 5.41) is 0. The summed E-state index contributed by atoms with van der Waals surface area (Å²) in [7, 11) is 0. The molecule has 1 rings (SSSR count). The van der Waals surface area contributed by atoms with Crippen molar-refractivity contribution in [1.82, 2.24) is 0 Å². The van der Waals surface area contributed by atoms with E-state index in [0.29, 0.717) is 5.41 Å². The summed E-state index contributed by atoms with van der Waals surface area (Å²) < 4.78 is 0. The first-order chi connectivity index (χ1) is 5.12. The highest BCUT2D eigenvalue weighted by Crippen LogP contribution is 2.41. The average molecular weight is 152 g/mol. The maximum atomic E-state index is 2.43. The van der Waals surface area contributed by atoms with Gasteiger partial charge in [-0.05, 0) is 30.6 Å². The molecule has 0 spiro atoms. The molecule has 0 unspecified atom stereocenters. The zero-order valence-corrected chi connectivity index (χ0v) is 8.06. The van der Waals surface area contributed by atoms with E-state index in [0.717, 1.165) is 5.92 Å². The quantitative estimate of drug-likeness (QED) is 0.540. The van der Waals surface area contributed by atoms with Crippen LogP contribution in [0.2, 0.25) is 0 Å². The topological polar surface area (TPSA) is 0 Å². The van der Waals surface area contributed by atoms with Crippen LogP contribution in [0.5, 0.6) is 0 Å². The second-order valence-corrected chi connectivity index (χ2v) is 4.54. The van der Waals surface area contributed by atoms with E-state index < -0.39 is 0 Å². The maximum absolute atomic E-state index is 2.43. The Labute approximate surface area is 70.7 Å². The molecule has 0 saturated heterocycles. The van der Waals surface area contributed by atoms with Gasteiger partial charge in [0.05, 0.1) is 0 Å². The van der Waals surface area contributed by atoms with E-state index in [1.807, 2.05) is 0 Å². The number of hydrogen-bond donors (Lipinski definition) is 0. The highest BCUT2D eigenvalue weighted by atomic mass is 14.3. The molecule has 0 amide bonds. The van der Waals surface area contributed by atoms with Gasteiger partial charge in [0.1, 0.15) is 0 Å². The lowest BCUT2D eigenvalue weighted by molar-refractivity contribution is 0.233. The zero-order chi connectivity index (χ0) is 8.32. The summed E-state index contributed by atoms with van der Waals surface area (Å²) in [5.41, 5.74) is 0.578. The van der Waals surface area contributed by atoms with E-state index in [2.05, 4.69) is 32.9 Å². The van der Waals surface area contributed by atoms with Crippen LogP contribution >= 0.6 is 0 Å². The van der Waals surface area contributed by atoms with Gasteiger partial charge in [-0.2, -0.15) is 0 Å². The van der Waals surface area contributed by atoms with Crippen LogP contribution in [0, 0.1) is 11.3 Å². The minimum Gasteiger partial charge on any atom is -0.0877 e. The van der Waals surface area contributed by atoms with Gasteiger partial charge in [-0.3, -0.25) is 0 Å². The summed E-state index contributed by atoms with van der Waals surface area (Å²) in [4.78, 5) is 0. The van der Waals surface area contributed by atoms with Crippen LogP contribution in [0.4, 0.5) is 0 Å².